The average Bonchev–Trinajstić information content (AvgIpc) is 2.39. The second kappa shape index (κ2) is 5.99. The van der Waals surface area contributed by atoms with E-state index in [2.05, 4.69) is 39.8 Å². The van der Waals surface area contributed by atoms with E-state index in [1.807, 2.05) is 18.2 Å². The Hall–Kier alpha value is -1.31. The van der Waals surface area contributed by atoms with Crippen molar-refractivity contribution in [3.05, 3.63) is 35.9 Å². The standard InChI is InChI=1S/C18H26O2/c1-13-15(14-8-6-5-7-9-14)12-17(19)20-16(13)10-11-18(2,3)4/h5-9,13,15-16H,10-12H2,1-4H3/t13-,15-,16-/m1/s1. The zero-order chi connectivity index (χ0) is 14.8. The summed E-state index contributed by atoms with van der Waals surface area (Å²) in [6, 6.07) is 10.4. The summed E-state index contributed by atoms with van der Waals surface area (Å²) >= 11 is 0. The summed E-state index contributed by atoms with van der Waals surface area (Å²) in [6.45, 7) is 8.92. The predicted octanol–water partition coefficient (Wildman–Crippen LogP) is 4.55. The molecule has 1 heterocycles. The molecule has 0 aliphatic carbocycles. The van der Waals surface area contributed by atoms with Crippen molar-refractivity contribution in [2.75, 3.05) is 0 Å². The van der Waals surface area contributed by atoms with Crippen LogP contribution in [0.3, 0.4) is 0 Å². The van der Waals surface area contributed by atoms with Crippen molar-refractivity contribution >= 4 is 5.97 Å². The van der Waals surface area contributed by atoms with Crippen LogP contribution in [0.25, 0.3) is 0 Å². The SMILES string of the molecule is C[C@H]1[C@@H](CCC(C)(C)C)OC(=O)C[C@H]1c1ccccc1. The number of hydrogen-bond acceptors (Lipinski definition) is 2. The first-order valence-electron chi connectivity index (χ1n) is 7.61. The van der Waals surface area contributed by atoms with Gasteiger partial charge in [0, 0.05) is 11.8 Å². The molecule has 0 amide bonds. The molecule has 110 valence electrons. The number of cyclic esters (lactones) is 1. The van der Waals surface area contributed by atoms with Gasteiger partial charge in [0.25, 0.3) is 0 Å². The monoisotopic (exact) mass is 274 g/mol. The highest BCUT2D eigenvalue weighted by Gasteiger charge is 2.36. The van der Waals surface area contributed by atoms with Gasteiger partial charge < -0.3 is 4.74 Å². The molecule has 1 aliphatic rings. The lowest BCUT2D eigenvalue weighted by atomic mass is 9.77. The Labute approximate surface area is 122 Å². The fourth-order valence-electron chi connectivity index (χ4n) is 2.97. The van der Waals surface area contributed by atoms with Gasteiger partial charge in [-0.25, -0.2) is 0 Å². The number of rotatable bonds is 3. The van der Waals surface area contributed by atoms with Gasteiger partial charge in [-0.3, -0.25) is 4.79 Å². The van der Waals surface area contributed by atoms with Crippen molar-refractivity contribution in [1.82, 2.24) is 0 Å². The number of esters is 1. The molecule has 0 spiro atoms. The number of hydrogen-bond donors (Lipinski definition) is 0. The van der Waals surface area contributed by atoms with Crippen LogP contribution in [0.15, 0.2) is 30.3 Å². The molecule has 1 fully saturated rings. The minimum absolute atomic E-state index is 0.0455. The van der Waals surface area contributed by atoms with Gasteiger partial charge in [-0.2, -0.15) is 0 Å². The number of benzene rings is 1. The number of carbonyl (C=O) groups is 1. The fourth-order valence-corrected chi connectivity index (χ4v) is 2.97. The van der Waals surface area contributed by atoms with Gasteiger partial charge in [-0.1, -0.05) is 58.0 Å². The summed E-state index contributed by atoms with van der Waals surface area (Å²) in [5.74, 6) is 0.635. The maximum atomic E-state index is 11.9. The van der Waals surface area contributed by atoms with Gasteiger partial charge in [-0.15, -0.1) is 0 Å². The molecule has 1 saturated heterocycles. The topological polar surface area (TPSA) is 26.3 Å². The molecule has 2 heteroatoms. The fraction of sp³-hybridized carbons (Fsp3) is 0.611. The van der Waals surface area contributed by atoms with Gasteiger partial charge in [0.1, 0.15) is 6.10 Å². The van der Waals surface area contributed by atoms with E-state index in [4.69, 9.17) is 4.74 Å². The van der Waals surface area contributed by atoms with Gasteiger partial charge >= 0.3 is 5.97 Å². The molecular formula is C18H26O2. The molecule has 0 radical (unpaired) electrons. The molecule has 0 N–H and O–H groups in total. The maximum Gasteiger partial charge on any atom is 0.306 e. The van der Waals surface area contributed by atoms with Gasteiger partial charge in [0.05, 0.1) is 6.42 Å². The third kappa shape index (κ3) is 3.84. The van der Waals surface area contributed by atoms with E-state index in [1.165, 1.54) is 5.56 Å². The summed E-state index contributed by atoms with van der Waals surface area (Å²) in [6.07, 6.45) is 2.61. The second-order valence-corrected chi connectivity index (χ2v) is 7.21. The lowest BCUT2D eigenvalue weighted by molar-refractivity contribution is -0.160. The van der Waals surface area contributed by atoms with Crippen LogP contribution in [0.1, 0.15) is 58.4 Å². The predicted molar refractivity (Wildman–Crippen MR) is 81.5 cm³/mol. The molecule has 0 bridgehead atoms. The zero-order valence-electron chi connectivity index (χ0n) is 13.1. The van der Waals surface area contributed by atoms with Crippen molar-refractivity contribution < 1.29 is 9.53 Å². The molecule has 0 saturated carbocycles. The molecule has 0 unspecified atom stereocenters. The smallest absolute Gasteiger partial charge is 0.306 e. The van der Waals surface area contributed by atoms with Crippen LogP contribution < -0.4 is 0 Å². The highest BCUT2D eigenvalue weighted by molar-refractivity contribution is 5.72. The van der Waals surface area contributed by atoms with Crippen LogP contribution in [-0.4, -0.2) is 12.1 Å². The van der Waals surface area contributed by atoms with Crippen LogP contribution in [0.4, 0.5) is 0 Å². The largest absolute Gasteiger partial charge is 0.462 e. The molecule has 2 rings (SSSR count). The average molecular weight is 274 g/mol. The van der Waals surface area contributed by atoms with Crippen LogP contribution in [0, 0.1) is 11.3 Å². The van der Waals surface area contributed by atoms with Crippen molar-refractivity contribution in [3.63, 3.8) is 0 Å². The molecule has 1 aromatic rings. The second-order valence-electron chi connectivity index (χ2n) is 7.21. The molecule has 2 nitrogen and oxygen atoms in total. The lowest BCUT2D eigenvalue weighted by Gasteiger charge is -2.36. The van der Waals surface area contributed by atoms with Gasteiger partial charge in [0.15, 0.2) is 0 Å². The first-order valence-corrected chi connectivity index (χ1v) is 7.61. The van der Waals surface area contributed by atoms with Crippen molar-refractivity contribution in [1.29, 1.82) is 0 Å². The minimum atomic E-state index is -0.0455. The summed E-state index contributed by atoms with van der Waals surface area (Å²) < 4.78 is 5.61. The molecule has 1 aliphatic heterocycles. The molecule has 3 atom stereocenters. The van der Waals surface area contributed by atoms with E-state index in [0.29, 0.717) is 18.3 Å². The summed E-state index contributed by atoms with van der Waals surface area (Å²) in [5, 5.41) is 0. The number of ether oxygens (including phenoxy) is 1. The lowest BCUT2D eigenvalue weighted by Crippen LogP contribution is -2.37. The highest BCUT2D eigenvalue weighted by atomic mass is 16.5. The van der Waals surface area contributed by atoms with Crippen LogP contribution >= 0.6 is 0 Å². The first kappa shape index (κ1) is 15.1. The van der Waals surface area contributed by atoms with Crippen molar-refractivity contribution in [2.24, 2.45) is 11.3 Å². The van der Waals surface area contributed by atoms with E-state index in [-0.39, 0.29) is 17.5 Å². The zero-order valence-corrected chi connectivity index (χ0v) is 13.1. The Bertz CT molecular complexity index is 444. The van der Waals surface area contributed by atoms with Crippen LogP contribution in [0.2, 0.25) is 0 Å². The van der Waals surface area contributed by atoms with Gasteiger partial charge in [0.2, 0.25) is 0 Å². The summed E-state index contributed by atoms with van der Waals surface area (Å²) in [4.78, 5) is 11.9. The first-order chi connectivity index (χ1) is 9.37. The molecule has 1 aromatic carbocycles. The molecular weight excluding hydrogens is 248 g/mol. The van der Waals surface area contributed by atoms with Crippen LogP contribution in [0.5, 0.6) is 0 Å². The van der Waals surface area contributed by atoms with E-state index in [9.17, 15) is 4.79 Å². The van der Waals surface area contributed by atoms with Crippen molar-refractivity contribution in [2.45, 2.75) is 59.0 Å². The van der Waals surface area contributed by atoms with E-state index in [1.54, 1.807) is 0 Å². The van der Waals surface area contributed by atoms with E-state index < -0.39 is 0 Å². The quantitative estimate of drug-likeness (QED) is 0.756. The normalized spacial score (nSPS) is 27.2. The van der Waals surface area contributed by atoms with E-state index >= 15 is 0 Å². The van der Waals surface area contributed by atoms with Crippen LogP contribution in [-0.2, 0) is 9.53 Å². The summed E-state index contributed by atoms with van der Waals surface area (Å²) in [7, 11) is 0. The Morgan fingerprint density at radius 3 is 2.45 bits per heavy atom. The summed E-state index contributed by atoms with van der Waals surface area (Å²) in [5.41, 5.74) is 1.55. The molecule has 20 heavy (non-hydrogen) atoms. The Morgan fingerprint density at radius 1 is 1.20 bits per heavy atom. The Balaban J connectivity index is 2.09. The Kier molecular flexibility index (Phi) is 4.52. The third-order valence-electron chi connectivity index (χ3n) is 4.30. The minimum Gasteiger partial charge on any atom is -0.462 e. The van der Waals surface area contributed by atoms with E-state index in [0.717, 1.165) is 12.8 Å². The van der Waals surface area contributed by atoms with Gasteiger partial charge in [-0.05, 0) is 23.8 Å². The number of carbonyl (C=O) groups excluding carboxylic acids is 1. The highest BCUT2D eigenvalue weighted by Crippen LogP contribution is 2.38. The van der Waals surface area contributed by atoms with Crippen molar-refractivity contribution in [3.8, 4) is 0 Å². The maximum absolute atomic E-state index is 11.9. The molecule has 0 aromatic heterocycles. The Morgan fingerprint density at radius 2 is 1.85 bits per heavy atom. The third-order valence-corrected chi connectivity index (χ3v) is 4.30.